The number of carbonyl (C=O) groups excluding carboxylic acids is 1. The number of ether oxygens (including phenoxy) is 2. The second-order valence-corrected chi connectivity index (χ2v) is 4.87. The van der Waals surface area contributed by atoms with Gasteiger partial charge in [-0.05, 0) is 12.8 Å². The highest BCUT2D eigenvalue weighted by molar-refractivity contribution is 5.73. The first kappa shape index (κ1) is 12.5. The molecule has 2 saturated heterocycles. The van der Waals surface area contributed by atoms with Crippen molar-refractivity contribution in [1.29, 1.82) is 0 Å². The summed E-state index contributed by atoms with van der Waals surface area (Å²) in [5.41, 5.74) is 0.506. The Bertz CT molecular complexity index is 423. The molecule has 0 aromatic carbocycles. The normalized spacial score (nSPS) is 21.8. The van der Waals surface area contributed by atoms with Crippen LogP contribution in [0.4, 0.5) is 5.95 Å². The molecule has 0 saturated carbocycles. The highest BCUT2D eigenvalue weighted by Gasteiger charge is 2.30. The van der Waals surface area contributed by atoms with Crippen LogP contribution < -0.4 is 4.90 Å². The van der Waals surface area contributed by atoms with E-state index in [1.165, 1.54) is 0 Å². The first-order valence-electron chi connectivity index (χ1n) is 6.62. The van der Waals surface area contributed by atoms with E-state index in [9.17, 15) is 4.79 Å². The number of hydrogen-bond donors (Lipinski definition) is 0. The van der Waals surface area contributed by atoms with Crippen molar-refractivity contribution in [2.24, 2.45) is 5.92 Å². The van der Waals surface area contributed by atoms with E-state index in [0.717, 1.165) is 32.2 Å². The summed E-state index contributed by atoms with van der Waals surface area (Å²) >= 11 is 0. The zero-order chi connectivity index (χ0) is 13.1. The van der Waals surface area contributed by atoms with Crippen LogP contribution >= 0.6 is 0 Å². The molecule has 102 valence electrons. The Balaban J connectivity index is 1.58. The molecule has 0 amide bonds. The van der Waals surface area contributed by atoms with Crippen LogP contribution in [0.1, 0.15) is 23.2 Å². The quantitative estimate of drug-likeness (QED) is 0.754. The molecule has 6 heteroatoms. The standard InChI is InChI=1S/C13H17N3O3/c17-9-10-7-14-13(15-8-10)16-3-1-11(2-4-16)12-18-5-6-19-12/h7-9,11-12H,1-6H2. The van der Waals surface area contributed by atoms with Crippen LogP contribution in [0.15, 0.2) is 12.4 Å². The molecule has 0 bridgehead atoms. The minimum absolute atomic E-state index is 0.0273. The lowest BCUT2D eigenvalue weighted by Gasteiger charge is -2.33. The summed E-state index contributed by atoms with van der Waals surface area (Å²) in [6.45, 7) is 3.21. The Hall–Kier alpha value is -1.53. The van der Waals surface area contributed by atoms with Gasteiger partial charge in [-0.2, -0.15) is 0 Å². The lowest BCUT2D eigenvalue weighted by atomic mass is 9.96. The van der Waals surface area contributed by atoms with E-state index >= 15 is 0 Å². The van der Waals surface area contributed by atoms with Gasteiger partial charge in [-0.25, -0.2) is 9.97 Å². The molecule has 0 radical (unpaired) electrons. The van der Waals surface area contributed by atoms with Gasteiger partial charge in [-0.1, -0.05) is 0 Å². The van der Waals surface area contributed by atoms with Gasteiger partial charge < -0.3 is 14.4 Å². The van der Waals surface area contributed by atoms with Gasteiger partial charge in [0.1, 0.15) is 0 Å². The Morgan fingerprint density at radius 1 is 1.16 bits per heavy atom. The van der Waals surface area contributed by atoms with Gasteiger partial charge in [-0.3, -0.25) is 4.79 Å². The number of carbonyl (C=O) groups is 1. The second kappa shape index (κ2) is 5.63. The molecule has 2 fully saturated rings. The van der Waals surface area contributed by atoms with Crippen LogP contribution in [0.2, 0.25) is 0 Å². The van der Waals surface area contributed by atoms with Crippen LogP contribution in [-0.4, -0.2) is 48.8 Å². The Morgan fingerprint density at radius 2 is 1.79 bits per heavy atom. The van der Waals surface area contributed by atoms with Crippen molar-refractivity contribution in [3.05, 3.63) is 18.0 Å². The van der Waals surface area contributed by atoms with Crippen molar-refractivity contribution in [2.75, 3.05) is 31.2 Å². The molecule has 3 heterocycles. The number of piperidine rings is 1. The molecule has 1 aromatic heterocycles. The first-order chi connectivity index (χ1) is 9.36. The van der Waals surface area contributed by atoms with Gasteiger partial charge in [-0.15, -0.1) is 0 Å². The average Bonchev–Trinajstić information content (AvgIpc) is 3.02. The summed E-state index contributed by atoms with van der Waals surface area (Å²) in [7, 11) is 0. The molecule has 6 nitrogen and oxygen atoms in total. The van der Waals surface area contributed by atoms with Gasteiger partial charge in [0.25, 0.3) is 0 Å². The average molecular weight is 263 g/mol. The molecule has 19 heavy (non-hydrogen) atoms. The largest absolute Gasteiger partial charge is 0.350 e. The van der Waals surface area contributed by atoms with Crippen LogP contribution in [0.3, 0.4) is 0 Å². The van der Waals surface area contributed by atoms with Crippen LogP contribution in [0.5, 0.6) is 0 Å². The number of anilines is 1. The van der Waals surface area contributed by atoms with Crippen LogP contribution in [0, 0.1) is 5.92 Å². The second-order valence-electron chi connectivity index (χ2n) is 4.87. The molecule has 0 aliphatic carbocycles. The van der Waals surface area contributed by atoms with E-state index in [4.69, 9.17) is 9.47 Å². The first-order valence-corrected chi connectivity index (χ1v) is 6.62. The third kappa shape index (κ3) is 2.74. The summed E-state index contributed by atoms with van der Waals surface area (Å²) in [5.74, 6) is 1.16. The number of nitrogens with zero attached hydrogens (tertiary/aromatic N) is 3. The van der Waals surface area contributed by atoms with E-state index in [0.29, 0.717) is 30.6 Å². The predicted molar refractivity (Wildman–Crippen MR) is 68.0 cm³/mol. The third-order valence-corrected chi connectivity index (χ3v) is 3.65. The number of aromatic nitrogens is 2. The van der Waals surface area contributed by atoms with Gasteiger partial charge in [0, 0.05) is 31.4 Å². The molecule has 2 aliphatic heterocycles. The van der Waals surface area contributed by atoms with Gasteiger partial charge in [0.2, 0.25) is 5.95 Å². The van der Waals surface area contributed by atoms with Gasteiger partial charge in [0.15, 0.2) is 12.6 Å². The van der Waals surface area contributed by atoms with E-state index in [-0.39, 0.29) is 6.29 Å². The number of aldehydes is 1. The minimum Gasteiger partial charge on any atom is -0.350 e. The maximum absolute atomic E-state index is 10.6. The molecule has 0 atom stereocenters. The Labute approximate surface area is 111 Å². The summed E-state index contributed by atoms with van der Waals surface area (Å²) in [4.78, 5) is 21.1. The van der Waals surface area contributed by atoms with E-state index in [2.05, 4.69) is 14.9 Å². The Kier molecular flexibility index (Phi) is 3.70. The van der Waals surface area contributed by atoms with Crippen molar-refractivity contribution in [1.82, 2.24) is 9.97 Å². The van der Waals surface area contributed by atoms with Crippen molar-refractivity contribution in [2.45, 2.75) is 19.1 Å². The molecule has 2 aliphatic rings. The van der Waals surface area contributed by atoms with Crippen molar-refractivity contribution >= 4 is 12.2 Å². The fourth-order valence-electron chi connectivity index (χ4n) is 2.58. The Morgan fingerprint density at radius 3 is 2.37 bits per heavy atom. The fourth-order valence-corrected chi connectivity index (χ4v) is 2.58. The molecule has 0 N–H and O–H groups in total. The SMILES string of the molecule is O=Cc1cnc(N2CCC(C3OCCO3)CC2)nc1. The summed E-state index contributed by atoms with van der Waals surface area (Å²) in [5, 5.41) is 0. The van der Waals surface area contributed by atoms with E-state index in [1.807, 2.05) is 0 Å². The van der Waals surface area contributed by atoms with Crippen molar-refractivity contribution < 1.29 is 14.3 Å². The number of hydrogen-bond acceptors (Lipinski definition) is 6. The lowest BCUT2D eigenvalue weighted by molar-refractivity contribution is -0.0889. The van der Waals surface area contributed by atoms with Crippen LogP contribution in [-0.2, 0) is 9.47 Å². The zero-order valence-electron chi connectivity index (χ0n) is 10.7. The highest BCUT2D eigenvalue weighted by atomic mass is 16.7. The molecule has 3 rings (SSSR count). The molecule has 0 unspecified atom stereocenters. The molecule has 1 aromatic rings. The summed E-state index contributed by atoms with van der Waals surface area (Å²) in [6.07, 6.45) is 5.88. The summed E-state index contributed by atoms with van der Waals surface area (Å²) in [6, 6.07) is 0. The smallest absolute Gasteiger partial charge is 0.225 e. The minimum atomic E-state index is -0.0273. The molecular formula is C13H17N3O3. The highest BCUT2D eigenvalue weighted by Crippen LogP contribution is 2.27. The van der Waals surface area contributed by atoms with E-state index in [1.54, 1.807) is 12.4 Å². The molecular weight excluding hydrogens is 246 g/mol. The topological polar surface area (TPSA) is 64.6 Å². The van der Waals surface area contributed by atoms with E-state index < -0.39 is 0 Å². The monoisotopic (exact) mass is 263 g/mol. The van der Waals surface area contributed by atoms with Crippen molar-refractivity contribution in [3.8, 4) is 0 Å². The predicted octanol–water partition coefficient (Wildman–Crippen LogP) is 0.878. The van der Waals surface area contributed by atoms with Gasteiger partial charge >= 0.3 is 0 Å². The van der Waals surface area contributed by atoms with Crippen molar-refractivity contribution in [3.63, 3.8) is 0 Å². The fraction of sp³-hybridized carbons (Fsp3) is 0.615. The summed E-state index contributed by atoms with van der Waals surface area (Å²) < 4.78 is 11.1. The van der Waals surface area contributed by atoms with Gasteiger partial charge in [0.05, 0.1) is 18.8 Å². The number of rotatable bonds is 3. The maximum atomic E-state index is 10.6. The lowest BCUT2D eigenvalue weighted by Crippen LogP contribution is -2.39. The zero-order valence-corrected chi connectivity index (χ0v) is 10.7. The molecule has 0 spiro atoms. The third-order valence-electron chi connectivity index (χ3n) is 3.65. The maximum Gasteiger partial charge on any atom is 0.225 e. The van der Waals surface area contributed by atoms with Crippen LogP contribution in [0.25, 0.3) is 0 Å².